The smallest absolute Gasteiger partial charge is 0.0710 e. The molecule has 0 aromatic carbocycles. The Balaban J connectivity index is 1.79. The number of hydrogen-bond donors (Lipinski definition) is 1. The molecule has 0 unspecified atom stereocenters. The molecule has 12 heavy (non-hydrogen) atoms. The fourth-order valence-electron chi connectivity index (χ4n) is 1.04. The second kappa shape index (κ2) is 4.13. The predicted octanol–water partition coefficient (Wildman–Crippen LogP) is 2.82. The average molecular weight is 264 g/mol. The zero-order valence-electron chi connectivity index (χ0n) is 6.55. The first-order valence-corrected chi connectivity index (χ1v) is 6.53. The molecule has 1 aliphatic rings. The molecule has 1 aromatic heterocycles. The van der Waals surface area contributed by atoms with Gasteiger partial charge in [0.2, 0.25) is 0 Å². The lowest BCUT2D eigenvalue weighted by Crippen LogP contribution is -2.43. The molecule has 1 saturated heterocycles. The van der Waals surface area contributed by atoms with Crippen molar-refractivity contribution >= 4 is 39.0 Å². The molecule has 2 rings (SSSR count). The Bertz CT molecular complexity index is 257. The lowest BCUT2D eigenvalue weighted by molar-refractivity contribution is 0.385. The van der Waals surface area contributed by atoms with Crippen LogP contribution in [0.5, 0.6) is 0 Å². The maximum atomic E-state index is 3.46. The zero-order chi connectivity index (χ0) is 8.39. The van der Waals surface area contributed by atoms with Crippen LogP contribution in [0.15, 0.2) is 20.1 Å². The minimum Gasteiger partial charge on any atom is -0.316 e. The van der Waals surface area contributed by atoms with Gasteiger partial charge < -0.3 is 5.32 Å². The van der Waals surface area contributed by atoms with E-state index in [4.69, 9.17) is 0 Å². The Morgan fingerprint density at radius 2 is 2.42 bits per heavy atom. The Morgan fingerprint density at radius 3 is 2.92 bits per heavy atom. The molecule has 2 heterocycles. The molecule has 1 fully saturated rings. The SMILES string of the molecule is Brc1ccc(SCC2CNC2)s1. The molecule has 1 nitrogen and oxygen atoms in total. The third-order valence-electron chi connectivity index (χ3n) is 1.88. The summed E-state index contributed by atoms with van der Waals surface area (Å²) in [4.78, 5) is 0. The summed E-state index contributed by atoms with van der Waals surface area (Å²) in [7, 11) is 0. The van der Waals surface area contributed by atoms with Crippen LogP contribution in [0.4, 0.5) is 0 Å². The van der Waals surface area contributed by atoms with Gasteiger partial charge in [-0.1, -0.05) is 0 Å². The van der Waals surface area contributed by atoms with Crippen LogP contribution in [0.25, 0.3) is 0 Å². The predicted molar refractivity (Wildman–Crippen MR) is 59.1 cm³/mol. The minimum absolute atomic E-state index is 0.899. The van der Waals surface area contributed by atoms with Crippen LogP contribution >= 0.6 is 39.0 Å². The van der Waals surface area contributed by atoms with Crippen LogP contribution in [0.2, 0.25) is 0 Å². The lowest BCUT2D eigenvalue weighted by Gasteiger charge is -2.26. The van der Waals surface area contributed by atoms with Crippen LogP contribution in [-0.2, 0) is 0 Å². The monoisotopic (exact) mass is 263 g/mol. The molecular formula is C8H10BrNS2. The average Bonchev–Trinajstić information content (AvgIpc) is 2.32. The molecule has 0 aliphatic carbocycles. The first-order chi connectivity index (χ1) is 5.84. The van der Waals surface area contributed by atoms with Gasteiger partial charge in [-0.25, -0.2) is 0 Å². The van der Waals surface area contributed by atoms with Crippen molar-refractivity contribution in [1.29, 1.82) is 0 Å². The number of rotatable bonds is 3. The Hall–Kier alpha value is 0.490. The number of nitrogens with one attached hydrogen (secondary N) is 1. The van der Waals surface area contributed by atoms with Crippen molar-refractivity contribution in [1.82, 2.24) is 5.32 Å². The van der Waals surface area contributed by atoms with Gasteiger partial charge in [-0.05, 0) is 47.1 Å². The number of thioether (sulfide) groups is 1. The van der Waals surface area contributed by atoms with E-state index in [2.05, 4.69) is 33.4 Å². The third kappa shape index (κ3) is 2.25. The minimum atomic E-state index is 0.899. The normalized spacial score (nSPS) is 17.8. The van der Waals surface area contributed by atoms with Gasteiger partial charge in [-0.2, -0.15) is 0 Å². The van der Waals surface area contributed by atoms with E-state index in [9.17, 15) is 0 Å². The summed E-state index contributed by atoms with van der Waals surface area (Å²) in [6, 6.07) is 4.30. The van der Waals surface area contributed by atoms with Crippen LogP contribution in [0, 0.1) is 5.92 Å². The topological polar surface area (TPSA) is 12.0 Å². The van der Waals surface area contributed by atoms with Gasteiger partial charge in [-0.15, -0.1) is 23.1 Å². The molecule has 1 N–H and O–H groups in total. The summed E-state index contributed by atoms with van der Waals surface area (Å²) in [5.41, 5.74) is 0. The summed E-state index contributed by atoms with van der Waals surface area (Å²) in [5, 5.41) is 3.28. The van der Waals surface area contributed by atoms with Crippen LogP contribution in [0.1, 0.15) is 0 Å². The molecule has 0 amide bonds. The van der Waals surface area contributed by atoms with E-state index in [1.807, 2.05) is 23.1 Å². The number of thiophene rings is 1. The second-order valence-electron chi connectivity index (χ2n) is 2.89. The number of hydrogen-bond acceptors (Lipinski definition) is 3. The highest BCUT2D eigenvalue weighted by atomic mass is 79.9. The quantitative estimate of drug-likeness (QED) is 0.842. The molecule has 1 aliphatic heterocycles. The lowest BCUT2D eigenvalue weighted by atomic mass is 10.1. The van der Waals surface area contributed by atoms with Crippen LogP contribution < -0.4 is 5.32 Å². The maximum Gasteiger partial charge on any atom is 0.0710 e. The molecule has 0 bridgehead atoms. The van der Waals surface area contributed by atoms with Crippen molar-refractivity contribution in [3.05, 3.63) is 15.9 Å². The van der Waals surface area contributed by atoms with Gasteiger partial charge in [0.05, 0.1) is 8.00 Å². The van der Waals surface area contributed by atoms with Crippen molar-refractivity contribution in [2.45, 2.75) is 4.21 Å². The maximum absolute atomic E-state index is 3.46. The van der Waals surface area contributed by atoms with E-state index < -0.39 is 0 Å². The van der Waals surface area contributed by atoms with E-state index in [0.29, 0.717) is 0 Å². The van der Waals surface area contributed by atoms with Gasteiger partial charge in [0.25, 0.3) is 0 Å². The van der Waals surface area contributed by atoms with Gasteiger partial charge in [0.15, 0.2) is 0 Å². The highest BCUT2D eigenvalue weighted by Crippen LogP contribution is 2.31. The molecule has 0 spiro atoms. The molecule has 0 saturated carbocycles. The zero-order valence-corrected chi connectivity index (χ0v) is 9.77. The first-order valence-electron chi connectivity index (χ1n) is 3.93. The Labute approximate surface area is 89.1 Å². The summed E-state index contributed by atoms with van der Waals surface area (Å²) in [6.07, 6.45) is 0. The third-order valence-corrected chi connectivity index (χ3v) is 4.96. The largest absolute Gasteiger partial charge is 0.316 e. The summed E-state index contributed by atoms with van der Waals surface area (Å²) in [6.45, 7) is 2.42. The molecular weight excluding hydrogens is 254 g/mol. The van der Waals surface area contributed by atoms with Crippen molar-refractivity contribution in [2.24, 2.45) is 5.92 Å². The molecule has 66 valence electrons. The van der Waals surface area contributed by atoms with E-state index in [0.717, 1.165) is 5.92 Å². The van der Waals surface area contributed by atoms with Gasteiger partial charge in [0.1, 0.15) is 0 Å². The Kier molecular flexibility index (Phi) is 3.12. The molecule has 4 heteroatoms. The first kappa shape index (κ1) is 9.06. The fourth-order valence-corrected chi connectivity index (χ4v) is 3.99. The Morgan fingerprint density at radius 1 is 1.58 bits per heavy atom. The molecule has 0 atom stereocenters. The van der Waals surface area contributed by atoms with E-state index in [-0.39, 0.29) is 0 Å². The van der Waals surface area contributed by atoms with Crippen molar-refractivity contribution < 1.29 is 0 Å². The number of halogens is 1. The van der Waals surface area contributed by atoms with Gasteiger partial charge >= 0.3 is 0 Å². The summed E-state index contributed by atoms with van der Waals surface area (Å²) in [5.74, 6) is 2.16. The highest BCUT2D eigenvalue weighted by Gasteiger charge is 2.16. The second-order valence-corrected chi connectivity index (χ2v) is 6.68. The van der Waals surface area contributed by atoms with Crippen LogP contribution in [0.3, 0.4) is 0 Å². The summed E-state index contributed by atoms with van der Waals surface area (Å²) >= 11 is 7.26. The molecule has 1 aromatic rings. The summed E-state index contributed by atoms with van der Waals surface area (Å²) < 4.78 is 2.66. The highest BCUT2D eigenvalue weighted by molar-refractivity contribution is 9.11. The van der Waals surface area contributed by atoms with E-state index in [1.165, 1.54) is 26.8 Å². The van der Waals surface area contributed by atoms with Gasteiger partial charge in [0, 0.05) is 5.75 Å². The van der Waals surface area contributed by atoms with Gasteiger partial charge in [-0.3, -0.25) is 0 Å². The van der Waals surface area contributed by atoms with E-state index >= 15 is 0 Å². The fraction of sp³-hybridized carbons (Fsp3) is 0.500. The van der Waals surface area contributed by atoms with Crippen molar-refractivity contribution in [2.75, 3.05) is 18.8 Å². The van der Waals surface area contributed by atoms with Crippen molar-refractivity contribution in [3.63, 3.8) is 0 Å². The van der Waals surface area contributed by atoms with E-state index in [1.54, 1.807) is 0 Å². The molecule has 0 radical (unpaired) electrons. The van der Waals surface area contributed by atoms with Crippen molar-refractivity contribution in [3.8, 4) is 0 Å². The standard InChI is InChI=1S/C8H10BrNS2/c9-7-1-2-8(12-7)11-5-6-3-10-4-6/h1-2,6,10H,3-5H2. The van der Waals surface area contributed by atoms with Crippen LogP contribution in [-0.4, -0.2) is 18.8 Å².